The highest BCUT2D eigenvalue weighted by molar-refractivity contribution is 4.75. The Morgan fingerprint density at radius 3 is 1.22 bits per heavy atom. The summed E-state index contributed by atoms with van der Waals surface area (Å²) < 4.78 is 0. The molecule has 1 aliphatic carbocycles. The standard InChI is InChI=1S/C6H14N2.H2O/c7-5-1-2-6(8)4-3-5;/h5-6H,1-4,7-8H2;1H2. The number of hydrogen-bond acceptors (Lipinski definition) is 2. The van der Waals surface area contributed by atoms with Crippen molar-refractivity contribution in [2.45, 2.75) is 37.8 Å². The maximum absolute atomic E-state index is 5.64. The van der Waals surface area contributed by atoms with Gasteiger partial charge in [0.15, 0.2) is 0 Å². The molecule has 3 nitrogen and oxygen atoms in total. The highest BCUT2D eigenvalue weighted by atomic mass is 16.0. The second-order valence-electron chi connectivity index (χ2n) is 2.67. The summed E-state index contributed by atoms with van der Waals surface area (Å²) in [4.78, 5) is 0. The average molecular weight is 132 g/mol. The zero-order valence-electron chi connectivity index (χ0n) is 5.64. The van der Waals surface area contributed by atoms with E-state index in [1.807, 2.05) is 0 Å². The van der Waals surface area contributed by atoms with E-state index in [4.69, 9.17) is 11.5 Å². The summed E-state index contributed by atoms with van der Waals surface area (Å²) in [5.41, 5.74) is 11.3. The Labute approximate surface area is 55.7 Å². The third-order valence-electron chi connectivity index (χ3n) is 1.82. The minimum Gasteiger partial charge on any atom is -0.412 e. The molecule has 9 heavy (non-hydrogen) atoms. The van der Waals surface area contributed by atoms with Crippen molar-refractivity contribution in [3.8, 4) is 0 Å². The molecule has 1 rings (SSSR count). The fourth-order valence-corrected chi connectivity index (χ4v) is 1.14. The zero-order chi connectivity index (χ0) is 5.98. The quantitative estimate of drug-likeness (QED) is 0.461. The van der Waals surface area contributed by atoms with Gasteiger partial charge >= 0.3 is 0 Å². The third kappa shape index (κ3) is 2.79. The largest absolute Gasteiger partial charge is 0.412 e. The fraction of sp³-hybridized carbons (Fsp3) is 1.00. The van der Waals surface area contributed by atoms with Gasteiger partial charge in [0, 0.05) is 12.1 Å². The van der Waals surface area contributed by atoms with Gasteiger partial charge in [0.25, 0.3) is 0 Å². The molecule has 0 radical (unpaired) electrons. The Balaban J connectivity index is 0.000000640. The van der Waals surface area contributed by atoms with Gasteiger partial charge in [-0.2, -0.15) is 0 Å². The van der Waals surface area contributed by atoms with E-state index in [0.717, 1.165) is 25.7 Å². The number of hydrogen-bond donors (Lipinski definition) is 2. The summed E-state index contributed by atoms with van der Waals surface area (Å²) >= 11 is 0. The molecule has 0 heterocycles. The average Bonchev–Trinajstić information content (AvgIpc) is 1.77. The van der Waals surface area contributed by atoms with Gasteiger partial charge in [0.05, 0.1) is 0 Å². The van der Waals surface area contributed by atoms with E-state index >= 15 is 0 Å². The van der Waals surface area contributed by atoms with Crippen LogP contribution in [0.5, 0.6) is 0 Å². The van der Waals surface area contributed by atoms with Crippen LogP contribution >= 0.6 is 0 Å². The molecule has 0 aromatic rings. The SMILES string of the molecule is NC1CCC(N)CC1.O. The Bertz CT molecular complexity index is 59.5. The topological polar surface area (TPSA) is 83.5 Å². The molecule has 3 heteroatoms. The lowest BCUT2D eigenvalue weighted by Crippen LogP contribution is -2.33. The van der Waals surface area contributed by atoms with Crippen molar-refractivity contribution in [2.75, 3.05) is 0 Å². The zero-order valence-corrected chi connectivity index (χ0v) is 5.64. The minimum absolute atomic E-state index is 0. The first kappa shape index (κ1) is 8.88. The van der Waals surface area contributed by atoms with E-state index < -0.39 is 0 Å². The summed E-state index contributed by atoms with van der Waals surface area (Å²) in [5, 5.41) is 0. The predicted molar refractivity (Wildman–Crippen MR) is 38.0 cm³/mol. The molecular weight excluding hydrogens is 116 g/mol. The first-order valence-corrected chi connectivity index (χ1v) is 3.30. The van der Waals surface area contributed by atoms with E-state index in [0.29, 0.717) is 12.1 Å². The second-order valence-corrected chi connectivity index (χ2v) is 2.67. The van der Waals surface area contributed by atoms with Crippen LogP contribution in [0.1, 0.15) is 25.7 Å². The summed E-state index contributed by atoms with van der Waals surface area (Å²) in [5.74, 6) is 0. The third-order valence-corrected chi connectivity index (χ3v) is 1.82. The van der Waals surface area contributed by atoms with Crippen molar-refractivity contribution in [3.05, 3.63) is 0 Å². The van der Waals surface area contributed by atoms with Gasteiger partial charge in [-0.1, -0.05) is 0 Å². The van der Waals surface area contributed by atoms with Crippen LogP contribution in [0.15, 0.2) is 0 Å². The second kappa shape index (κ2) is 3.82. The summed E-state index contributed by atoms with van der Waals surface area (Å²) in [7, 11) is 0. The highest BCUT2D eigenvalue weighted by Crippen LogP contribution is 2.14. The Hall–Kier alpha value is -0.120. The molecule has 0 aliphatic heterocycles. The lowest BCUT2D eigenvalue weighted by Gasteiger charge is -2.22. The maximum atomic E-state index is 5.64. The van der Waals surface area contributed by atoms with Crippen molar-refractivity contribution in [1.29, 1.82) is 0 Å². The molecule has 0 amide bonds. The van der Waals surface area contributed by atoms with Crippen LogP contribution in [0.3, 0.4) is 0 Å². The maximum Gasteiger partial charge on any atom is 0.00399 e. The fourth-order valence-electron chi connectivity index (χ4n) is 1.14. The van der Waals surface area contributed by atoms with E-state index in [1.165, 1.54) is 0 Å². The molecule has 0 bridgehead atoms. The molecule has 1 saturated carbocycles. The van der Waals surface area contributed by atoms with Crippen molar-refractivity contribution >= 4 is 0 Å². The first-order valence-electron chi connectivity index (χ1n) is 3.30. The molecule has 0 spiro atoms. The molecule has 1 fully saturated rings. The van der Waals surface area contributed by atoms with Crippen molar-refractivity contribution in [3.63, 3.8) is 0 Å². The monoisotopic (exact) mass is 132 g/mol. The molecule has 0 aromatic heterocycles. The predicted octanol–water partition coefficient (Wildman–Crippen LogP) is -0.610. The van der Waals surface area contributed by atoms with Crippen LogP contribution in [-0.4, -0.2) is 17.6 Å². The van der Waals surface area contributed by atoms with E-state index in [1.54, 1.807) is 0 Å². The van der Waals surface area contributed by atoms with E-state index in [2.05, 4.69) is 0 Å². The van der Waals surface area contributed by atoms with Crippen LogP contribution in [0.2, 0.25) is 0 Å². The van der Waals surface area contributed by atoms with Gasteiger partial charge < -0.3 is 16.9 Å². The molecule has 0 unspecified atom stereocenters. The normalized spacial score (nSPS) is 35.3. The summed E-state index contributed by atoms with van der Waals surface area (Å²) in [6.45, 7) is 0. The molecular formula is C6H16N2O. The molecule has 56 valence electrons. The van der Waals surface area contributed by atoms with Crippen LogP contribution in [0, 0.1) is 0 Å². The summed E-state index contributed by atoms with van der Waals surface area (Å²) in [6, 6.07) is 0.879. The van der Waals surface area contributed by atoms with Crippen LogP contribution < -0.4 is 11.5 Å². The number of rotatable bonds is 0. The molecule has 0 aromatic carbocycles. The molecule has 0 atom stereocenters. The van der Waals surface area contributed by atoms with Crippen LogP contribution in [0.4, 0.5) is 0 Å². The van der Waals surface area contributed by atoms with Crippen molar-refractivity contribution in [2.24, 2.45) is 11.5 Å². The number of nitrogens with two attached hydrogens (primary N) is 2. The van der Waals surface area contributed by atoms with Crippen LogP contribution in [-0.2, 0) is 0 Å². The van der Waals surface area contributed by atoms with Crippen LogP contribution in [0.25, 0.3) is 0 Å². The van der Waals surface area contributed by atoms with E-state index in [-0.39, 0.29) is 5.48 Å². The Kier molecular flexibility index (Phi) is 3.77. The van der Waals surface area contributed by atoms with Gasteiger partial charge in [-0.25, -0.2) is 0 Å². The highest BCUT2D eigenvalue weighted by Gasteiger charge is 2.13. The smallest absolute Gasteiger partial charge is 0.00399 e. The Morgan fingerprint density at radius 2 is 1.00 bits per heavy atom. The van der Waals surface area contributed by atoms with Gasteiger partial charge in [-0.3, -0.25) is 0 Å². The van der Waals surface area contributed by atoms with Gasteiger partial charge in [-0.15, -0.1) is 0 Å². The van der Waals surface area contributed by atoms with Crippen molar-refractivity contribution < 1.29 is 5.48 Å². The van der Waals surface area contributed by atoms with Gasteiger partial charge in [0.1, 0.15) is 0 Å². The Morgan fingerprint density at radius 1 is 0.778 bits per heavy atom. The van der Waals surface area contributed by atoms with Crippen molar-refractivity contribution in [1.82, 2.24) is 0 Å². The molecule has 0 saturated heterocycles. The van der Waals surface area contributed by atoms with Gasteiger partial charge in [-0.05, 0) is 25.7 Å². The molecule has 1 aliphatic rings. The lowest BCUT2D eigenvalue weighted by atomic mass is 9.93. The first-order chi connectivity index (χ1) is 3.79. The van der Waals surface area contributed by atoms with Gasteiger partial charge in [0.2, 0.25) is 0 Å². The summed E-state index contributed by atoms with van der Waals surface area (Å²) in [6.07, 6.45) is 4.50. The van der Waals surface area contributed by atoms with E-state index in [9.17, 15) is 0 Å². The minimum atomic E-state index is 0. The lowest BCUT2D eigenvalue weighted by molar-refractivity contribution is 0.395. The molecule has 6 N–H and O–H groups in total.